The first-order chi connectivity index (χ1) is 25.2. The second kappa shape index (κ2) is 12.0. The number of hydrogen-bond acceptors (Lipinski definition) is 4. The maximum atomic E-state index is 6.23. The Morgan fingerprint density at radius 3 is 2.02 bits per heavy atom. The number of rotatable bonds is 5. The van der Waals surface area contributed by atoms with E-state index < -0.39 is 0 Å². The molecule has 4 heteroatoms. The van der Waals surface area contributed by atoms with Crippen molar-refractivity contribution >= 4 is 55.2 Å². The molecule has 0 spiro atoms. The zero-order chi connectivity index (χ0) is 33.7. The summed E-state index contributed by atoms with van der Waals surface area (Å²) >= 11 is 0. The number of aliphatic imine (C=N–C) groups is 2. The van der Waals surface area contributed by atoms with Gasteiger partial charge in [0.05, 0.1) is 0 Å². The summed E-state index contributed by atoms with van der Waals surface area (Å²) in [6.07, 6.45) is -0.325. The summed E-state index contributed by atoms with van der Waals surface area (Å²) in [7, 11) is 0. The Bertz CT molecular complexity index is 2830. The Morgan fingerprint density at radius 2 is 1.12 bits per heavy atom. The molecule has 2 heterocycles. The second-order valence-electron chi connectivity index (χ2n) is 13.0. The minimum absolute atomic E-state index is 0.325. The molecular formula is C47H31N3O. The molecule has 240 valence electrons. The molecule has 1 atom stereocenters. The van der Waals surface area contributed by atoms with Gasteiger partial charge in [-0.15, -0.1) is 0 Å². The first-order valence-electron chi connectivity index (χ1n) is 17.3. The standard InChI is InChI=1S/C47H31N3O/c1-2-10-30(11-3-1)31-20-23-33(24-21-31)45-48-46(50-47(49-45)37-26-27-39-35(29-37)25-22-32-12-4-5-15-38(32)39)36-14-8-13-34(28-36)40-17-9-19-43-44(40)41-16-6-7-18-42(41)51-43/h1-29,45H,(H,48,49,50). The highest BCUT2D eigenvalue weighted by Crippen LogP contribution is 2.37. The van der Waals surface area contributed by atoms with Crippen LogP contribution in [-0.2, 0) is 0 Å². The Hall–Kier alpha value is -6.78. The third kappa shape index (κ3) is 5.17. The Balaban J connectivity index is 1.09. The Morgan fingerprint density at radius 1 is 0.451 bits per heavy atom. The number of amidine groups is 2. The highest BCUT2D eigenvalue weighted by molar-refractivity contribution is 6.16. The third-order valence-electron chi connectivity index (χ3n) is 9.93. The van der Waals surface area contributed by atoms with Crippen LogP contribution in [-0.4, -0.2) is 11.7 Å². The zero-order valence-electron chi connectivity index (χ0n) is 27.6. The molecule has 1 aliphatic rings. The Kier molecular flexibility index (Phi) is 6.85. The summed E-state index contributed by atoms with van der Waals surface area (Å²) < 4.78 is 6.23. The lowest BCUT2D eigenvalue weighted by atomic mass is 9.97. The number of para-hydroxylation sites is 1. The van der Waals surface area contributed by atoms with E-state index in [1.165, 1.54) is 27.3 Å². The van der Waals surface area contributed by atoms with Gasteiger partial charge in [-0.05, 0) is 73.6 Å². The number of nitrogens with one attached hydrogen (secondary N) is 1. The van der Waals surface area contributed by atoms with Crippen LogP contribution < -0.4 is 5.32 Å². The lowest BCUT2D eigenvalue weighted by Crippen LogP contribution is -2.33. The largest absolute Gasteiger partial charge is 0.456 e. The molecule has 10 rings (SSSR count). The van der Waals surface area contributed by atoms with E-state index in [1.807, 2.05) is 24.3 Å². The van der Waals surface area contributed by atoms with Gasteiger partial charge in [-0.3, -0.25) is 0 Å². The van der Waals surface area contributed by atoms with Gasteiger partial charge >= 0.3 is 0 Å². The van der Waals surface area contributed by atoms with Crippen molar-refractivity contribution in [2.24, 2.45) is 9.98 Å². The summed E-state index contributed by atoms with van der Waals surface area (Å²) in [5, 5.41) is 10.8. The van der Waals surface area contributed by atoms with Gasteiger partial charge in [0.25, 0.3) is 0 Å². The van der Waals surface area contributed by atoms with E-state index in [0.717, 1.165) is 61.0 Å². The predicted molar refractivity (Wildman–Crippen MR) is 211 cm³/mol. The normalized spacial score (nSPS) is 14.5. The minimum Gasteiger partial charge on any atom is -0.456 e. The van der Waals surface area contributed by atoms with E-state index >= 15 is 0 Å². The average molecular weight is 654 g/mol. The molecule has 0 fully saturated rings. The first kappa shape index (κ1) is 29.2. The van der Waals surface area contributed by atoms with Gasteiger partial charge in [0.2, 0.25) is 0 Å². The smallest absolute Gasteiger partial charge is 0.159 e. The maximum absolute atomic E-state index is 6.23. The van der Waals surface area contributed by atoms with Gasteiger partial charge in [0.15, 0.2) is 5.84 Å². The molecule has 1 N–H and O–H groups in total. The summed E-state index contributed by atoms with van der Waals surface area (Å²) in [5.41, 5.74) is 9.38. The van der Waals surface area contributed by atoms with Crippen LogP contribution in [0.25, 0.3) is 65.7 Å². The summed E-state index contributed by atoms with van der Waals surface area (Å²) in [6, 6.07) is 61.7. The van der Waals surface area contributed by atoms with Crippen LogP contribution in [0, 0.1) is 0 Å². The van der Waals surface area contributed by atoms with Crippen molar-refractivity contribution in [2.45, 2.75) is 6.17 Å². The summed E-state index contributed by atoms with van der Waals surface area (Å²) in [6.45, 7) is 0. The van der Waals surface area contributed by atoms with E-state index in [-0.39, 0.29) is 6.17 Å². The molecule has 1 aliphatic heterocycles. The van der Waals surface area contributed by atoms with Gasteiger partial charge < -0.3 is 9.73 Å². The monoisotopic (exact) mass is 653 g/mol. The fourth-order valence-corrected chi connectivity index (χ4v) is 7.39. The van der Waals surface area contributed by atoms with Crippen LogP contribution in [0.15, 0.2) is 190 Å². The van der Waals surface area contributed by atoms with Crippen LogP contribution in [0.4, 0.5) is 0 Å². The molecule has 0 aliphatic carbocycles. The van der Waals surface area contributed by atoms with E-state index in [0.29, 0.717) is 5.84 Å². The molecule has 0 saturated carbocycles. The summed E-state index contributed by atoms with van der Waals surface area (Å²) in [5.74, 6) is 1.48. The minimum atomic E-state index is -0.325. The number of nitrogens with zero attached hydrogens (tertiary/aromatic N) is 2. The molecule has 9 aromatic rings. The number of hydrogen-bond donors (Lipinski definition) is 1. The van der Waals surface area contributed by atoms with Crippen LogP contribution >= 0.6 is 0 Å². The Labute approximate surface area is 295 Å². The molecule has 1 unspecified atom stereocenters. The number of benzene rings is 8. The number of fused-ring (bicyclic) bond motifs is 6. The molecule has 8 aromatic carbocycles. The molecule has 0 amide bonds. The van der Waals surface area contributed by atoms with E-state index in [2.05, 4.69) is 157 Å². The van der Waals surface area contributed by atoms with Crippen molar-refractivity contribution in [1.29, 1.82) is 0 Å². The van der Waals surface area contributed by atoms with E-state index in [4.69, 9.17) is 14.4 Å². The van der Waals surface area contributed by atoms with Crippen LogP contribution in [0.3, 0.4) is 0 Å². The highest BCUT2D eigenvalue weighted by Gasteiger charge is 2.22. The topological polar surface area (TPSA) is 49.9 Å². The van der Waals surface area contributed by atoms with E-state index in [1.54, 1.807) is 0 Å². The highest BCUT2D eigenvalue weighted by atomic mass is 16.3. The summed E-state index contributed by atoms with van der Waals surface area (Å²) in [4.78, 5) is 10.4. The van der Waals surface area contributed by atoms with Crippen molar-refractivity contribution in [3.63, 3.8) is 0 Å². The van der Waals surface area contributed by atoms with Crippen LogP contribution in [0.5, 0.6) is 0 Å². The molecule has 0 radical (unpaired) electrons. The van der Waals surface area contributed by atoms with Gasteiger partial charge in [-0.25, -0.2) is 9.98 Å². The van der Waals surface area contributed by atoms with Crippen molar-refractivity contribution in [3.8, 4) is 22.3 Å². The quantitative estimate of drug-likeness (QED) is 0.188. The number of furan rings is 1. The third-order valence-corrected chi connectivity index (χ3v) is 9.93. The maximum Gasteiger partial charge on any atom is 0.159 e. The van der Waals surface area contributed by atoms with Crippen molar-refractivity contribution < 1.29 is 4.42 Å². The average Bonchev–Trinajstić information content (AvgIpc) is 3.60. The zero-order valence-corrected chi connectivity index (χ0v) is 27.6. The van der Waals surface area contributed by atoms with Gasteiger partial charge in [0.1, 0.15) is 23.2 Å². The lowest BCUT2D eigenvalue weighted by Gasteiger charge is -2.24. The van der Waals surface area contributed by atoms with Crippen LogP contribution in [0.1, 0.15) is 22.9 Å². The van der Waals surface area contributed by atoms with Crippen LogP contribution in [0.2, 0.25) is 0 Å². The molecule has 0 bridgehead atoms. The van der Waals surface area contributed by atoms with Crippen molar-refractivity contribution in [1.82, 2.24) is 5.32 Å². The molecule has 1 aromatic heterocycles. The van der Waals surface area contributed by atoms with Gasteiger partial charge in [-0.2, -0.15) is 0 Å². The second-order valence-corrected chi connectivity index (χ2v) is 13.0. The molecule has 4 nitrogen and oxygen atoms in total. The van der Waals surface area contributed by atoms with Crippen molar-refractivity contribution in [3.05, 3.63) is 193 Å². The predicted octanol–water partition coefficient (Wildman–Crippen LogP) is 11.7. The first-order valence-corrected chi connectivity index (χ1v) is 17.3. The molecule has 51 heavy (non-hydrogen) atoms. The van der Waals surface area contributed by atoms with Gasteiger partial charge in [-0.1, -0.05) is 152 Å². The fraction of sp³-hybridized carbons (Fsp3) is 0.0213. The van der Waals surface area contributed by atoms with E-state index in [9.17, 15) is 0 Å². The SMILES string of the molecule is c1ccc(-c2ccc(C3N=C(c4ccc5c(ccc6ccccc65)c4)N=C(c4cccc(-c5cccc6oc7ccccc7c56)c4)N3)cc2)cc1. The van der Waals surface area contributed by atoms with Crippen molar-refractivity contribution in [2.75, 3.05) is 0 Å². The van der Waals surface area contributed by atoms with Gasteiger partial charge in [0, 0.05) is 21.9 Å². The lowest BCUT2D eigenvalue weighted by molar-refractivity contribution is 0.669. The molecular weight excluding hydrogens is 623 g/mol. The fourth-order valence-electron chi connectivity index (χ4n) is 7.39. The molecule has 0 saturated heterocycles.